The Hall–Kier alpha value is -3.15. The summed E-state index contributed by atoms with van der Waals surface area (Å²) in [5.41, 5.74) is 6.00. The van der Waals surface area contributed by atoms with Crippen LogP contribution in [0, 0.1) is 41.0 Å². The van der Waals surface area contributed by atoms with Crippen molar-refractivity contribution in [3.63, 3.8) is 0 Å². The third-order valence-electron chi connectivity index (χ3n) is 7.77. The summed E-state index contributed by atoms with van der Waals surface area (Å²) in [6, 6.07) is 5.20. The number of alkyl halides is 3. The molecule has 0 radical (unpaired) electrons. The number of nitrogens with one attached hydrogen (secondary N) is 2. The molecule has 1 atom stereocenters. The number of carbonyl (C=O) groups excluding carboxylic acids is 1. The molecule has 2 aliphatic carbocycles. The Morgan fingerprint density at radius 1 is 0.949 bits per heavy atom. The highest BCUT2D eigenvalue weighted by molar-refractivity contribution is 5.80. The van der Waals surface area contributed by atoms with Crippen molar-refractivity contribution in [2.45, 2.75) is 63.1 Å². The summed E-state index contributed by atoms with van der Waals surface area (Å²) >= 11 is 0. The number of carbonyl (C=O) groups is 2. The normalized spacial score (nSPS) is 25.1. The van der Waals surface area contributed by atoms with Crippen LogP contribution in [0.15, 0.2) is 30.3 Å². The third kappa shape index (κ3) is 6.90. The van der Waals surface area contributed by atoms with Crippen molar-refractivity contribution in [3.05, 3.63) is 59.2 Å². The van der Waals surface area contributed by atoms with Gasteiger partial charge in [-0.2, -0.15) is 13.2 Å². The van der Waals surface area contributed by atoms with E-state index in [-0.39, 0.29) is 46.4 Å². The number of hydrogen-bond acceptors (Lipinski definition) is 3. The number of carboxylic acids is 1. The van der Waals surface area contributed by atoms with Gasteiger partial charge in [-0.15, -0.1) is 0 Å². The van der Waals surface area contributed by atoms with Crippen LogP contribution in [0.25, 0.3) is 11.1 Å². The van der Waals surface area contributed by atoms with Crippen molar-refractivity contribution in [2.75, 3.05) is 0 Å². The van der Waals surface area contributed by atoms with Crippen molar-refractivity contribution < 1.29 is 45.4 Å². The second-order valence-electron chi connectivity index (χ2n) is 10.5. The van der Waals surface area contributed by atoms with Gasteiger partial charge in [-0.25, -0.2) is 27.8 Å². The fraction of sp³-hybridized carbons (Fsp3) is 0.481. The minimum Gasteiger partial charge on any atom is -0.475 e. The zero-order chi connectivity index (χ0) is 28.5. The van der Waals surface area contributed by atoms with Crippen LogP contribution >= 0.6 is 0 Å². The van der Waals surface area contributed by atoms with Gasteiger partial charge in [-0.3, -0.25) is 10.2 Å². The molecule has 2 aromatic rings. The van der Waals surface area contributed by atoms with Crippen molar-refractivity contribution >= 4 is 11.9 Å². The lowest BCUT2D eigenvalue weighted by atomic mass is 9.69. The average molecular weight is 561 g/mol. The number of benzene rings is 2. The van der Waals surface area contributed by atoms with Crippen LogP contribution in [0.3, 0.4) is 0 Å². The van der Waals surface area contributed by atoms with Crippen molar-refractivity contribution in [1.82, 2.24) is 10.9 Å². The molecule has 5 rings (SSSR count). The Balaban J connectivity index is 0.000000448. The summed E-state index contributed by atoms with van der Waals surface area (Å²) in [5.74, 6) is -4.98. The van der Waals surface area contributed by atoms with E-state index in [1.165, 1.54) is 6.07 Å². The second-order valence-corrected chi connectivity index (χ2v) is 10.5. The van der Waals surface area contributed by atoms with Crippen LogP contribution in [-0.2, 0) is 16.0 Å². The Kier molecular flexibility index (Phi) is 8.25. The topological polar surface area (TPSA) is 78.4 Å². The van der Waals surface area contributed by atoms with Crippen LogP contribution in [0.2, 0.25) is 0 Å². The number of amides is 1. The van der Waals surface area contributed by atoms with Gasteiger partial charge in [0.1, 0.15) is 23.3 Å². The summed E-state index contributed by atoms with van der Waals surface area (Å²) in [7, 11) is 0. The summed E-state index contributed by atoms with van der Waals surface area (Å²) in [5, 5.41) is 7.12. The zero-order valence-electron chi connectivity index (χ0n) is 20.7. The van der Waals surface area contributed by atoms with Crippen LogP contribution in [0.4, 0.5) is 30.7 Å². The molecule has 3 fully saturated rings. The fourth-order valence-corrected chi connectivity index (χ4v) is 5.46. The number of rotatable bonds is 4. The molecule has 212 valence electrons. The molecule has 1 amide bonds. The molecule has 3 N–H and O–H groups in total. The Morgan fingerprint density at radius 2 is 1.54 bits per heavy atom. The van der Waals surface area contributed by atoms with Crippen LogP contribution in [-0.4, -0.2) is 28.7 Å². The van der Waals surface area contributed by atoms with E-state index < -0.39 is 35.4 Å². The van der Waals surface area contributed by atoms with E-state index in [0.717, 1.165) is 63.1 Å². The van der Waals surface area contributed by atoms with Gasteiger partial charge in [-0.05, 0) is 93.0 Å². The zero-order valence-corrected chi connectivity index (χ0v) is 20.7. The van der Waals surface area contributed by atoms with E-state index in [1.54, 1.807) is 0 Å². The van der Waals surface area contributed by atoms with E-state index in [4.69, 9.17) is 9.90 Å². The van der Waals surface area contributed by atoms with Crippen LogP contribution < -0.4 is 10.9 Å². The van der Waals surface area contributed by atoms with E-state index >= 15 is 0 Å². The summed E-state index contributed by atoms with van der Waals surface area (Å²) in [6.45, 7) is 0. The predicted molar refractivity (Wildman–Crippen MR) is 126 cm³/mol. The monoisotopic (exact) mass is 560 g/mol. The first kappa shape index (κ1) is 28.8. The molecule has 1 spiro atoms. The van der Waals surface area contributed by atoms with Crippen LogP contribution in [0.1, 0.15) is 50.5 Å². The molecule has 2 aromatic carbocycles. The number of halogens is 7. The molecular weight excluding hydrogens is 533 g/mol. The first-order valence-corrected chi connectivity index (χ1v) is 12.6. The highest BCUT2D eigenvalue weighted by Gasteiger charge is 2.47. The number of hydrogen-bond donors (Lipinski definition) is 3. The van der Waals surface area contributed by atoms with E-state index in [0.29, 0.717) is 12.0 Å². The van der Waals surface area contributed by atoms with Gasteiger partial charge in [0.05, 0.1) is 0 Å². The SMILES string of the molecule is O=C(O)C(F)(F)F.O=C1NNC2(CCC(Cc3c(F)cc(-c4ccc(F)cc4F)cc3F)CC2)CC1C1CC1. The minimum atomic E-state index is -5.08. The van der Waals surface area contributed by atoms with Gasteiger partial charge in [0.25, 0.3) is 0 Å². The summed E-state index contributed by atoms with van der Waals surface area (Å²) in [6.07, 6.45) is 1.59. The Bertz CT molecular complexity index is 1220. The quantitative estimate of drug-likeness (QED) is 0.397. The van der Waals surface area contributed by atoms with Gasteiger partial charge < -0.3 is 5.11 Å². The van der Waals surface area contributed by atoms with Gasteiger partial charge in [-0.1, -0.05) is 0 Å². The molecule has 39 heavy (non-hydrogen) atoms. The molecule has 1 heterocycles. The smallest absolute Gasteiger partial charge is 0.475 e. The van der Waals surface area contributed by atoms with E-state index in [1.807, 2.05) is 0 Å². The molecular formula is C27H27F7N2O3. The molecule has 0 aromatic heterocycles. The molecule has 1 aliphatic heterocycles. The lowest BCUT2D eigenvalue weighted by Crippen LogP contribution is -2.63. The maximum atomic E-state index is 14.8. The van der Waals surface area contributed by atoms with Gasteiger partial charge in [0.15, 0.2) is 0 Å². The van der Waals surface area contributed by atoms with E-state index in [2.05, 4.69) is 10.9 Å². The van der Waals surface area contributed by atoms with Gasteiger partial charge >= 0.3 is 12.1 Å². The lowest BCUT2D eigenvalue weighted by Gasteiger charge is -2.46. The number of hydrazine groups is 1. The number of aliphatic carboxylic acids is 1. The lowest BCUT2D eigenvalue weighted by molar-refractivity contribution is -0.192. The molecule has 1 saturated heterocycles. The highest BCUT2D eigenvalue weighted by atomic mass is 19.4. The maximum Gasteiger partial charge on any atom is 0.490 e. The predicted octanol–water partition coefficient (Wildman–Crippen LogP) is 6.07. The first-order chi connectivity index (χ1) is 18.3. The van der Waals surface area contributed by atoms with Gasteiger partial charge in [0, 0.05) is 28.7 Å². The van der Waals surface area contributed by atoms with Crippen LogP contribution in [0.5, 0.6) is 0 Å². The molecule has 12 heteroatoms. The molecule has 5 nitrogen and oxygen atoms in total. The summed E-state index contributed by atoms with van der Waals surface area (Å²) in [4.78, 5) is 21.0. The fourth-order valence-electron chi connectivity index (χ4n) is 5.46. The molecule has 2 saturated carbocycles. The minimum absolute atomic E-state index is 0.0120. The first-order valence-electron chi connectivity index (χ1n) is 12.6. The Labute approximate surface area is 219 Å². The standard InChI is InChI=1S/C25H26F4N2O.C2HF3O2/c26-17-3-4-18(23(29)12-17)16-10-21(27)19(22(28)11-16)9-14-5-7-25(8-6-14)13-20(15-1-2-15)24(32)30-31-25;3-2(4,5)1(6)7/h3-4,10-12,14-15,20,31H,1-2,5-9,13H2,(H,30,32);(H,6,7). The van der Waals surface area contributed by atoms with Crippen molar-refractivity contribution in [2.24, 2.45) is 17.8 Å². The van der Waals surface area contributed by atoms with Crippen molar-refractivity contribution in [3.8, 4) is 11.1 Å². The largest absolute Gasteiger partial charge is 0.490 e. The van der Waals surface area contributed by atoms with E-state index in [9.17, 15) is 35.5 Å². The second kappa shape index (κ2) is 11.1. The molecule has 3 aliphatic rings. The van der Waals surface area contributed by atoms with Gasteiger partial charge in [0.2, 0.25) is 5.91 Å². The highest BCUT2D eigenvalue weighted by Crippen LogP contribution is 2.46. The summed E-state index contributed by atoms with van der Waals surface area (Å²) < 4.78 is 88.5. The maximum absolute atomic E-state index is 14.8. The number of carboxylic acid groups (broad SMARTS) is 1. The third-order valence-corrected chi connectivity index (χ3v) is 7.77. The Morgan fingerprint density at radius 3 is 2.05 bits per heavy atom. The van der Waals surface area contributed by atoms with Crippen molar-refractivity contribution in [1.29, 1.82) is 0 Å². The molecule has 1 unspecified atom stereocenters. The average Bonchev–Trinajstić information content (AvgIpc) is 3.69. The molecule has 0 bridgehead atoms.